The number of benzene rings is 3. The Morgan fingerprint density at radius 1 is 0.662 bits per heavy atom. The number of amides is 4. The number of aromatic amines is 2. The molecule has 0 radical (unpaired) electrons. The predicted molar refractivity (Wildman–Crippen MR) is 264 cm³/mol. The van der Waals surface area contributed by atoms with Gasteiger partial charge in [0.1, 0.15) is 35.8 Å². The van der Waals surface area contributed by atoms with Gasteiger partial charge in [-0.2, -0.15) is 0 Å². The van der Waals surface area contributed by atoms with Crippen LogP contribution in [-0.2, 0) is 19.1 Å². The molecule has 0 spiro atoms. The zero-order valence-electron chi connectivity index (χ0n) is 40.5. The number of imidazole rings is 2. The number of fused-ring (bicyclic) bond motifs is 5. The average Bonchev–Trinajstić information content (AvgIpc) is 4.26. The number of carbonyl (C=O) groups is 4. The summed E-state index contributed by atoms with van der Waals surface area (Å²) in [4.78, 5) is 80.7. The van der Waals surface area contributed by atoms with Crippen molar-refractivity contribution in [3.8, 4) is 50.6 Å². The normalized spacial score (nSPS) is 18.2. The number of hydrogen-bond donors (Lipinski definition) is 4. The van der Waals surface area contributed by atoms with E-state index in [1.807, 2.05) is 44.9 Å². The molecule has 2 fully saturated rings. The summed E-state index contributed by atoms with van der Waals surface area (Å²) in [5.74, 6) is 1.45. The van der Waals surface area contributed by atoms with E-state index >= 15 is 0 Å². The second kappa shape index (κ2) is 19.4. The Morgan fingerprint density at radius 2 is 1.20 bits per heavy atom. The van der Waals surface area contributed by atoms with Crippen molar-refractivity contribution in [1.82, 2.24) is 54.9 Å². The summed E-state index contributed by atoms with van der Waals surface area (Å²) in [7, 11) is 2.58. The van der Waals surface area contributed by atoms with Gasteiger partial charge in [0.2, 0.25) is 18.0 Å². The number of nitrogens with one attached hydrogen (secondary N) is 4. The van der Waals surface area contributed by atoms with Crippen molar-refractivity contribution in [2.75, 3.05) is 27.3 Å². The minimum absolute atomic E-state index is 0.140. The first-order chi connectivity index (χ1) is 34.4. The molecule has 0 saturated carbocycles. The molecule has 4 amide bonds. The van der Waals surface area contributed by atoms with Gasteiger partial charge in [-0.15, -0.1) is 0 Å². The summed E-state index contributed by atoms with van der Waals surface area (Å²) in [6.07, 6.45) is 9.99. The molecule has 4 N–H and O–H groups in total. The lowest BCUT2D eigenvalue weighted by Gasteiger charge is -2.31. The van der Waals surface area contributed by atoms with Crippen LogP contribution in [0.15, 0.2) is 97.8 Å². The zero-order chi connectivity index (χ0) is 49.5. The first kappa shape index (κ1) is 46.7. The monoisotopic (exact) mass is 959 g/mol. The van der Waals surface area contributed by atoms with E-state index in [0.717, 1.165) is 87.0 Å². The van der Waals surface area contributed by atoms with E-state index in [4.69, 9.17) is 24.2 Å². The van der Waals surface area contributed by atoms with Gasteiger partial charge in [0.05, 0.1) is 61.3 Å². The number of carbonyl (C=O) groups excluding carboxylic acids is 4. The zero-order valence-corrected chi connectivity index (χ0v) is 40.5. The first-order valence-corrected chi connectivity index (χ1v) is 24.1. The fourth-order valence-corrected chi connectivity index (χ4v) is 10.2. The van der Waals surface area contributed by atoms with Crippen LogP contribution in [0.1, 0.15) is 88.9 Å². The Morgan fingerprint density at radius 3 is 1.75 bits per heavy atom. The van der Waals surface area contributed by atoms with Gasteiger partial charge in [-0.05, 0) is 73.4 Å². The molecular formula is C53H57N11O7. The highest BCUT2D eigenvalue weighted by Crippen LogP contribution is 2.46. The van der Waals surface area contributed by atoms with Crippen LogP contribution < -0.4 is 15.4 Å². The number of rotatable bonds is 12. The van der Waals surface area contributed by atoms with E-state index in [1.165, 1.54) is 20.5 Å². The highest BCUT2D eigenvalue weighted by atomic mass is 16.5. The molecule has 0 aliphatic carbocycles. The van der Waals surface area contributed by atoms with Crippen molar-refractivity contribution in [2.24, 2.45) is 11.8 Å². The second-order valence-corrected chi connectivity index (χ2v) is 19.1. The van der Waals surface area contributed by atoms with Crippen LogP contribution in [0.2, 0.25) is 0 Å². The number of hydrogen-bond acceptors (Lipinski definition) is 11. The third kappa shape index (κ3) is 8.93. The maximum absolute atomic E-state index is 13.9. The molecule has 71 heavy (non-hydrogen) atoms. The highest BCUT2D eigenvalue weighted by Gasteiger charge is 2.39. The van der Waals surface area contributed by atoms with Crippen molar-refractivity contribution in [2.45, 2.75) is 83.8 Å². The summed E-state index contributed by atoms with van der Waals surface area (Å²) in [5, 5.41) is 6.44. The smallest absolute Gasteiger partial charge is 0.407 e. The average molecular weight is 960 g/mol. The minimum atomic E-state index is -0.734. The van der Waals surface area contributed by atoms with E-state index < -0.39 is 30.5 Å². The van der Waals surface area contributed by atoms with Gasteiger partial charge in [0, 0.05) is 58.7 Å². The van der Waals surface area contributed by atoms with Crippen LogP contribution in [0.3, 0.4) is 0 Å². The molecule has 10 rings (SSSR count). The standard InChI is InChI=1S/C53H57N11O7/c1-29(2)45(60-52(67)69-5)49(65)62-19-7-9-41(62)47-56-26-38(58-47)33-16-18-40-35(21-33)22-43-37-17-15-34(23-44(37)71-51(64(40)43)32-13-11-31(12-14-32)36-24-54-28-55-25-36)39-27-57-48(59-39)42-10-8-20-63(42)50(66)46(30(3)4)61-53(68)70-6/h11-18,21-30,41-42,45-46,51H,7-10,19-20H2,1-6H3,(H,56,58)(H,57,59)(H,60,67)(H,61,68)/t41-,42-,45-,46-,51?/m0/s1. The minimum Gasteiger partial charge on any atom is -0.465 e. The van der Waals surface area contributed by atoms with Gasteiger partial charge < -0.3 is 49.2 Å². The molecule has 5 atom stereocenters. The Bertz CT molecular complexity index is 3110. The molecular weight excluding hydrogens is 903 g/mol. The summed E-state index contributed by atoms with van der Waals surface area (Å²) >= 11 is 0. The van der Waals surface area contributed by atoms with Crippen LogP contribution in [0.5, 0.6) is 5.75 Å². The summed E-state index contributed by atoms with van der Waals surface area (Å²) in [5.41, 5.74) is 9.10. The maximum atomic E-state index is 13.9. The Labute approximate surface area is 410 Å². The van der Waals surface area contributed by atoms with Gasteiger partial charge >= 0.3 is 12.2 Å². The molecule has 7 aromatic rings. The van der Waals surface area contributed by atoms with Gasteiger partial charge in [-0.1, -0.05) is 64.1 Å². The van der Waals surface area contributed by atoms with Crippen molar-refractivity contribution < 1.29 is 33.4 Å². The number of H-pyrrole nitrogens is 2. The van der Waals surface area contributed by atoms with Crippen molar-refractivity contribution in [3.63, 3.8) is 0 Å². The van der Waals surface area contributed by atoms with Crippen LogP contribution >= 0.6 is 0 Å². The van der Waals surface area contributed by atoms with Crippen LogP contribution in [-0.4, -0.2) is 108 Å². The molecule has 7 heterocycles. The lowest BCUT2D eigenvalue weighted by atomic mass is 10.0. The lowest BCUT2D eigenvalue weighted by molar-refractivity contribution is -0.136. The number of likely N-dealkylation sites (tertiary alicyclic amines) is 2. The SMILES string of the molecule is COC(=O)N[C@H](C(=O)N1CCC[C@H]1c1ncc(-c2ccc3c(c2)OC(c2ccc(-c4cncnc4)cc2)n2c-3cc3cc(-c4cnc([C@@H]5CCCN5C(=O)[C@@H](NC(=O)OC)C(C)C)[nH]4)ccc32)[nH]1)C(C)C. The quantitative estimate of drug-likeness (QED) is 0.0910. The molecule has 18 nitrogen and oxygen atoms in total. The Kier molecular flexibility index (Phi) is 12.8. The number of alkyl carbamates (subject to hydrolysis) is 2. The summed E-state index contributed by atoms with van der Waals surface area (Å²) in [6, 6.07) is 20.9. The predicted octanol–water partition coefficient (Wildman–Crippen LogP) is 8.57. The van der Waals surface area contributed by atoms with Gasteiger partial charge in [-0.3, -0.25) is 9.59 Å². The lowest BCUT2D eigenvalue weighted by Crippen LogP contribution is -2.51. The summed E-state index contributed by atoms with van der Waals surface area (Å²) in [6.45, 7) is 8.71. The molecule has 3 aliphatic heterocycles. The molecule has 3 aromatic carbocycles. The second-order valence-electron chi connectivity index (χ2n) is 19.1. The number of aromatic nitrogens is 7. The largest absolute Gasteiger partial charge is 0.465 e. The number of methoxy groups -OCH3 is 2. The van der Waals surface area contributed by atoms with E-state index in [-0.39, 0.29) is 35.7 Å². The summed E-state index contributed by atoms with van der Waals surface area (Å²) < 4.78 is 18.9. The van der Waals surface area contributed by atoms with Crippen molar-refractivity contribution in [1.29, 1.82) is 0 Å². The molecule has 366 valence electrons. The number of ether oxygens (including phenoxy) is 3. The van der Waals surface area contributed by atoms with Crippen LogP contribution in [0.4, 0.5) is 9.59 Å². The highest BCUT2D eigenvalue weighted by molar-refractivity contribution is 5.93. The molecule has 18 heteroatoms. The van der Waals surface area contributed by atoms with E-state index in [9.17, 15) is 19.2 Å². The number of nitrogens with zero attached hydrogens (tertiary/aromatic N) is 7. The molecule has 2 saturated heterocycles. The van der Waals surface area contributed by atoms with Crippen LogP contribution in [0, 0.1) is 11.8 Å². The molecule has 3 aliphatic rings. The van der Waals surface area contributed by atoms with Crippen molar-refractivity contribution in [3.05, 3.63) is 115 Å². The Hall–Kier alpha value is -8.02. The van der Waals surface area contributed by atoms with E-state index in [1.54, 1.807) is 23.5 Å². The third-order valence-electron chi connectivity index (χ3n) is 14.0. The topological polar surface area (TPSA) is 215 Å². The fraction of sp³-hybridized carbons (Fsp3) is 0.358. The maximum Gasteiger partial charge on any atom is 0.407 e. The van der Waals surface area contributed by atoms with E-state index in [0.29, 0.717) is 30.5 Å². The fourth-order valence-electron chi connectivity index (χ4n) is 10.2. The van der Waals surface area contributed by atoms with Crippen LogP contribution in [0.25, 0.3) is 55.8 Å². The molecule has 0 bridgehead atoms. The van der Waals surface area contributed by atoms with Gasteiger partial charge in [0.25, 0.3) is 0 Å². The molecule has 4 aromatic heterocycles. The van der Waals surface area contributed by atoms with Crippen molar-refractivity contribution >= 4 is 34.9 Å². The van der Waals surface area contributed by atoms with E-state index in [2.05, 4.69) is 95.8 Å². The Balaban J connectivity index is 0.968. The van der Waals surface area contributed by atoms with Gasteiger partial charge in [0.15, 0.2) is 0 Å². The molecule has 1 unspecified atom stereocenters. The third-order valence-corrected chi connectivity index (χ3v) is 14.0. The first-order valence-electron chi connectivity index (χ1n) is 24.1. The van der Waals surface area contributed by atoms with Gasteiger partial charge in [-0.25, -0.2) is 29.5 Å².